The van der Waals surface area contributed by atoms with Gasteiger partial charge in [-0.3, -0.25) is 15.2 Å². The molecule has 30 heavy (non-hydrogen) atoms. The Hall–Kier alpha value is -3.11. The van der Waals surface area contributed by atoms with Crippen LogP contribution in [0.4, 0.5) is 5.82 Å². The molecule has 2 atom stereocenters. The number of nitrogens with zero attached hydrogens (tertiary/aromatic N) is 6. The molecule has 3 aromatic heterocycles. The van der Waals surface area contributed by atoms with Crippen LogP contribution >= 0.6 is 0 Å². The van der Waals surface area contributed by atoms with E-state index in [1.165, 1.54) is 18.7 Å². The third kappa shape index (κ3) is 4.10. The molecule has 2 N–H and O–H groups in total. The summed E-state index contributed by atoms with van der Waals surface area (Å²) in [6.07, 6.45) is 8.90. The number of carbonyl (C=O) groups is 1. The highest BCUT2D eigenvalue weighted by molar-refractivity contribution is 5.94. The number of imidazole rings is 1. The van der Waals surface area contributed by atoms with Gasteiger partial charge in [0.1, 0.15) is 6.33 Å². The molecule has 2 unspecified atom stereocenters. The number of hydrogen-bond acceptors (Lipinski definition) is 8. The van der Waals surface area contributed by atoms with Gasteiger partial charge in [-0.25, -0.2) is 19.9 Å². The van der Waals surface area contributed by atoms with Gasteiger partial charge < -0.3 is 14.5 Å². The summed E-state index contributed by atoms with van der Waals surface area (Å²) in [7, 11) is 0. The lowest BCUT2D eigenvalue weighted by Crippen LogP contribution is -2.60. The van der Waals surface area contributed by atoms with Crippen molar-refractivity contribution in [2.75, 3.05) is 24.7 Å². The molecule has 3 aromatic rings. The van der Waals surface area contributed by atoms with Crippen LogP contribution in [0.3, 0.4) is 0 Å². The smallest absolute Gasteiger partial charge is 0.272 e. The fourth-order valence-corrected chi connectivity index (χ4v) is 3.77. The van der Waals surface area contributed by atoms with E-state index in [2.05, 4.69) is 25.7 Å². The zero-order chi connectivity index (χ0) is 21.1. The van der Waals surface area contributed by atoms with E-state index in [0.717, 1.165) is 30.0 Å². The second-order valence-electron chi connectivity index (χ2n) is 7.29. The molecule has 4 rings (SSSR count). The number of anilines is 1. The van der Waals surface area contributed by atoms with Gasteiger partial charge in [-0.1, -0.05) is 0 Å². The number of piperidine rings is 1. The van der Waals surface area contributed by atoms with Crippen LogP contribution in [0.2, 0.25) is 0 Å². The molecule has 0 saturated carbocycles. The summed E-state index contributed by atoms with van der Waals surface area (Å²) in [4.78, 5) is 30.1. The SMILES string of the molecule is CCOC1CNCCC1N(NC(=O)c1cncnc1)c1cn2cc(C)nc2c(C)n1. The Balaban J connectivity index is 1.73. The van der Waals surface area contributed by atoms with E-state index in [-0.39, 0.29) is 18.1 Å². The van der Waals surface area contributed by atoms with Crippen molar-refractivity contribution in [3.05, 3.63) is 48.1 Å². The number of aromatic nitrogens is 5. The van der Waals surface area contributed by atoms with Gasteiger partial charge >= 0.3 is 0 Å². The summed E-state index contributed by atoms with van der Waals surface area (Å²) < 4.78 is 7.92. The van der Waals surface area contributed by atoms with Crippen molar-refractivity contribution in [2.24, 2.45) is 0 Å². The molecule has 10 nitrogen and oxygen atoms in total. The molecular weight excluding hydrogens is 384 g/mol. The predicted octanol–water partition coefficient (Wildman–Crippen LogP) is 1.05. The van der Waals surface area contributed by atoms with Gasteiger partial charge in [0.05, 0.1) is 35.3 Å². The molecule has 0 spiro atoms. The van der Waals surface area contributed by atoms with E-state index in [1.807, 2.05) is 42.6 Å². The molecule has 1 aliphatic heterocycles. The molecule has 0 radical (unpaired) electrons. The number of rotatable bonds is 6. The number of hydrazine groups is 1. The minimum atomic E-state index is -0.300. The first-order valence-electron chi connectivity index (χ1n) is 10.1. The number of fused-ring (bicyclic) bond motifs is 1. The van der Waals surface area contributed by atoms with E-state index in [9.17, 15) is 4.79 Å². The molecule has 4 heterocycles. The van der Waals surface area contributed by atoms with Crippen LogP contribution < -0.4 is 15.8 Å². The Morgan fingerprint density at radius 2 is 2.10 bits per heavy atom. The predicted molar refractivity (Wildman–Crippen MR) is 111 cm³/mol. The molecular formula is C20H26N8O2. The minimum Gasteiger partial charge on any atom is -0.375 e. The molecule has 1 saturated heterocycles. The maximum absolute atomic E-state index is 13.0. The number of nitrogens with one attached hydrogen (secondary N) is 2. The first kappa shape index (κ1) is 20.2. The fourth-order valence-electron chi connectivity index (χ4n) is 3.77. The monoisotopic (exact) mass is 410 g/mol. The van der Waals surface area contributed by atoms with E-state index in [4.69, 9.17) is 9.72 Å². The minimum absolute atomic E-state index is 0.0891. The molecule has 0 bridgehead atoms. The van der Waals surface area contributed by atoms with Crippen molar-refractivity contribution in [3.63, 3.8) is 0 Å². The Morgan fingerprint density at radius 3 is 2.87 bits per heavy atom. The van der Waals surface area contributed by atoms with E-state index < -0.39 is 0 Å². The number of carbonyl (C=O) groups excluding carboxylic acids is 1. The molecule has 10 heteroatoms. The van der Waals surface area contributed by atoms with Crippen molar-refractivity contribution in [1.82, 2.24) is 35.1 Å². The quantitative estimate of drug-likeness (QED) is 0.581. The molecule has 1 fully saturated rings. The van der Waals surface area contributed by atoms with Crippen LogP contribution in [0, 0.1) is 13.8 Å². The average molecular weight is 410 g/mol. The molecule has 1 amide bonds. The van der Waals surface area contributed by atoms with Crippen molar-refractivity contribution in [3.8, 4) is 0 Å². The third-order valence-corrected chi connectivity index (χ3v) is 5.11. The molecule has 0 aliphatic carbocycles. The topological polar surface area (TPSA) is 110 Å². The molecule has 158 valence electrons. The first-order chi connectivity index (χ1) is 14.6. The number of amides is 1. The molecule has 1 aliphatic rings. The van der Waals surface area contributed by atoms with E-state index in [0.29, 0.717) is 24.5 Å². The summed E-state index contributed by atoms with van der Waals surface area (Å²) in [5.41, 5.74) is 5.88. The van der Waals surface area contributed by atoms with Crippen molar-refractivity contribution >= 4 is 17.4 Å². The van der Waals surface area contributed by atoms with Crippen molar-refractivity contribution in [1.29, 1.82) is 0 Å². The second kappa shape index (κ2) is 8.72. The zero-order valence-corrected chi connectivity index (χ0v) is 17.4. The Morgan fingerprint density at radius 1 is 1.30 bits per heavy atom. The van der Waals surface area contributed by atoms with Gasteiger partial charge in [0.2, 0.25) is 0 Å². The van der Waals surface area contributed by atoms with Crippen LogP contribution in [0.1, 0.15) is 35.1 Å². The van der Waals surface area contributed by atoms with Gasteiger partial charge in [0.25, 0.3) is 5.91 Å². The fraction of sp³-hybridized carbons (Fsp3) is 0.450. The number of ether oxygens (including phenoxy) is 1. The van der Waals surface area contributed by atoms with Gasteiger partial charge in [0.15, 0.2) is 11.5 Å². The maximum atomic E-state index is 13.0. The average Bonchev–Trinajstić information content (AvgIpc) is 3.14. The van der Waals surface area contributed by atoms with Crippen LogP contribution in [0.15, 0.2) is 31.1 Å². The van der Waals surface area contributed by atoms with Gasteiger partial charge in [-0.15, -0.1) is 0 Å². The first-order valence-corrected chi connectivity index (χ1v) is 10.1. The Labute approximate surface area is 174 Å². The lowest BCUT2D eigenvalue weighted by atomic mass is 10.0. The number of hydrogen-bond donors (Lipinski definition) is 2. The lowest BCUT2D eigenvalue weighted by Gasteiger charge is -2.40. The molecule has 0 aromatic carbocycles. The largest absolute Gasteiger partial charge is 0.375 e. The number of aryl methyl sites for hydroxylation is 2. The van der Waals surface area contributed by atoms with Gasteiger partial charge in [-0.2, -0.15) is 0 Å². The van der Waals surface area contributed by atoms with E-state index in [1.54, 1.807) is 0 Å². The highest BCUT2D eigenvalue weighted by Gasteiger charge is 2.33. The second-order valence-corrected chi connectivity index (χ2v) is 7.29. The summed E-state index contributed by atoms with van der Waals surface area (Å²) in [6.45, 7) is 7.94. The van der Waals surface area contributed by atoms with Crippen LogP contribution in [0.25, 0.3) is 5.65 Å². The van der Waals surface area contributed by atoms with Crippen molar-refractivity contribution in [2.45, 2.75) is 39.3 Å². The third-order valence-electron chi connectivity index (χ3n) is 5.11. The van der Waals surface area contributed by atoms with Crippen LogP contribution in [0.5, 0.6) is 0 Å². The van der Waals surface area contributed by atoms with Crippen LogP contribution in [-0.2, 0) is 4.74 Å². The standard InChI is InChI=1S/C20H26N8O2/c1-4-30-17-9-21-6-5-16(17)28(26-20(29)15-7-22-12-23-8-15)18-11-27-10-13(2)24-19(27)14(3)25-18/h7-8,10-12,16-17,21H,4-6,9H2,1-3H3,(H,26,29). The van der Waals surface area contributed by atoms with Gasteiger partial charge in [-0.05, 0) is 33.7 Å². The summed E-state index contributed by atoms with van der Waals surface area (Å²) >= 11 is 0. The summed E-state index contributed by atoms with van der Waals surface area (Å²) in [5, 5.41) is 5.18. The summed E-state index contributed by atoms with van der Waals surface area (Å²) in [5.74, 6) is 0.324. The van der Waals surface area contributed by atoms with E-state index >= 15 is 0 Å². The van der Waals surface area contributed by atoms with Crippen LogP contribution in [-0.4, -0.2) is 62.1 Å². The van der Waals surface area contributed by atoms with Crippen molar-refractivity contribution < 1.29 is 9.53 Å². The highest BCUT2D eigenvalue weighted by atomic mass is 16.5. The maximum Gasteiger partial charge on any atom is 0.272 e. The highest BCUT2D eigenvalue weighted by Crippen LogP contribution is 2.22. The summed E-state index contributed by atoms with van der Waals surface area (Å²) in [6, 6.07) is -0.0891. The zero-order valence-electron chi connectivity index (χ0n) is 17.4. The van der Waals surface area contributed by atoms with Gasteiger partial charge in [0, 0.05) is 31.7 Å². The Bertz CT molecular complexity index is 1020. The Kier molecular flexibility index (Phi) is 5.86. The lowest BCUT2D eigenvalue weighted by molar-refractivity contribution is 0.0264. The normalized spacial score (nSPS) is 19.0.